The van der Waals surface area contributed by atoms with Gasteiger partial charge in [0.25, 0.3) is 0 Å². The predicted molar refractivity (Wildman–Crippen MR) is 92.1 cm³/mol. The maximum Gasteiger partial charge on any atom is 0.495 e. The smallest absolute Gasteiger partial charge is 0.399 e. The second-order valence-electron chi connectivity index (χ2n) is 7.64. The number of alkyl halides is 3. The van der Waals surface area contributed by atoms with Crippen molar-refractivity contribution in [3.8, 4) is 0 Å². The Morgan fingerprint density at radius 1 is 1.15 bits per heavy atom. The molecule has 1 atom stereocenters. The number of aliphatic hydroxyl groups is 1. The van der Waals surface area contributed by atoms with Crippen LogP contribution in [-0.4, -0.2) is 35.4 Å². The zero-order valence-corrected chi connectivity index (χ0v) is 15.8. The Bertz CT molecular complexity index is 699. The fraction of sp³-hybridized carbons (Fsp3) is 0.611. The standard InChI is InChI=1S/C18H24BF3O4/c1-7-14(23)17(24,18(20,21)22)12-9-8-11(2)13(10-12)19-25-15(3,4)16(5,6)26-19/h8-10,24H,7H2,1-6H3. The summed E-state index contributed by atoms with van der Waals surface area (Å²) in [5.41, 5.74) is -4.44. The maximum absolute atomic E-state index is 13.5. The van der Waals surface area contributed by atoms with E-state index in [1.165, 1.54) is 13.0 Å². The van der Waals surface area contributed by atoms with Crippen molar-refractivity contribution in [1.29, 1.82) is 0 Å². The quantitative estimate of drug-likeness (QED) is 0.826. The minimum absolute atomic E-state index is 0.354. The van der Waals surface area contributed by atoms with Crippen LogP contribution in [0.2, 0.25) is 0 Å². The molecule has 2 rings (SSSR count). The molecule has 1 unspecified atom stereocenters. The lowest BCUT2D eigenvalue weighted by Gasteiger charge is -2.32. The highest BCUT2D eigenvalue weighted by Gasteiger charge is 2.60. The fourth-order valence-electron chi connectivity index (χ4n) is 2.83. The molecule has 1 fully saturated rings. The molecule has 144 valence electrons. The van der Waals surface area contributed by atoms with Crippen LogP contribution in [0.15, 0.2) is 18.2 Å². The summed E-state index contributed by atoms with van der Waals surface area (Å²) in [7, 11) is -0.894. The van der Waals surface area contributed by atoms with E-state index in [1.54, 1.807) is 6.92 Å². The van der Waals surface area contributed by atoms with Gasteiger partial charge in [0.15, 0.2) is 5.78 Å². The van der Waals surface area contributed by atoms with Gasteiger partial charge in [-0.05, 0) is 45.6 Å². The second-order valence-corrected chi connectivity index (χ2v) is 7.64. The highest BCUT2D eigenvalue weighted by atomic mass is 19.4. The minimum atomic E-state index is -5.14. The first-order chi connectivity index (χ1) is 11.7. The van der Waals surface area contributed by atoms with Crippen LogP contribution >= 0.6 is 0 Å². The Morgan fingerprint density at radius 3 is 2.08 bits per heavy atom. The second kappa shape index (κ2) is 6.35. The Hall–Kier alpha value is -1.38. The average Bonchev–Trinajstić information content (AvgIpc) is 2.72. The summed E-state index contributed by atoms with van der Waals surface area (Å²) in [5, 5.41) is 10.3. The highest BCUT2D eigenvalue weighted by Crippen LogP contribution is 2.41. The van der Waals surface area contributed by atoms with Crippen LogP contribution in [0, 0.1) is 6.92 Å². The number of rotatable bonds is 4. The molecule has 1 saturated heterocycles. The summed E-state index contributed by atoms with van der Waals surface area (Å²) in [6.07, 6.45) is -5.59. The van der Waals surface area contributed by atoms with E-state index < -0.39 is 47.9 Å². The zero-order chi connectivity index (χ0) is 20.1. The molecule has 1 heterocycles. The van der Waals surface area contributed by atoms with Crippen molar-refractivity contribution in [3.05, 3.63) is 29.3 Å². The van der Waals surface area contributed by atoms with Crippen LogP contribution in [0.5, 0.6) is 0 Å². The summed E-state index contributed by atoms with van der Waals surface area (Å²) in [5.74, 6) is -1.31. The van der Waals surface area contributed by atoms with Gasteiger partial charge in [0.05, 0.1) is 11.2 Å². The van der Waals surface area contributed by atoms with Crippen molar-refractivity contribution in [2.75, 3.05) is 0 Å². The fourth-order valence-corrected chi connectivity index (χ4v) is 2.83. The van der Waals surface area contributed by atoms with E-state index in [9.17, 15) is 23.1 Å². The molecule has 1 aliphatic heterocycles. The summed E-state index contributed by atoms with van der Waals surface area (Å²) in [6, 6.07) is 3.69. The van der Waals surface area contributed by atoms with Crippen molar-refractivity contribution >= 4 is 18.4 Å². The van der Waals surface area contributed by atoms with Crippen LogP contribution in [0.4, 0.5) is 13.2 Å². The molecule has 0 saturated carbocycles. The van der Waals surface area contributed by atoms with Crippen LogP contribution in [0.1, 0.15) is 52.2 Å². The molecular weight excluding hydrogens is 348 g/mol. The van der Waals surface area contributed by atoms with Crippen molar-refractivity contribution < 1.29 is 32.4 Å². The van der Waals surface area contributed by atoms with Crippen LogP contribution < -0.4 is 5.46 Å². The van der Waals surface area contributed by atoms with Crippen LogP contribution in [-0.2, 0) is 19.7 Å². The number of hydrogen-bond acceptors (Lipinski definition) is 4. The van der Waals surface area contributed by atoms with Gasteiger partial charge in [-0.25, -0.2) is 0 Å². The molecule has 0 bridgehead atoms. The van der Waals surface area contributed by atoms with Gasteiger partial charge in [-0.3, -0.25) is 4.79 Å². The molecule has 1 aromatic rings. The molecule has 1 N–H and O–H groups in total. The summed E-state index contributed by atoms with van der Waals surface area (Å²) < 4.78 is 52.5. The number of Topliss-reactive ketones (excluding diaryl/α,β-unsaturated/α-hetero) is 1. The highest BCUT2D eigenvalue weighted by molar-refractivity contribution is 6.62. The zero-order valence-electron chi connectivity index (χ0n) is 15.8. The molecule has 0 amide bonds. The Balaban J connectivity index is 2.56. The van der Waals surface area contributed by atoms with Crippen molar-refractivity contribution in [1.82, 2.24) is 0 Å². The van der Waals surface area contributed by atoms with E-state index in [-0.39, 0.29) is 0 Å². The summed E-state index contributed by atoms with van der Waals surface area (Å²) in [6.45, 7) is 10.3. The molecule has 8 heteroatoms. The third-order valence-electron chi connectivity index (χ3n) is 5.34. The van der Waals surface area contributed by atoms with E-state index in [2.05, 4.69) is 0 Å². The van der Waals surface area contributed by atoms with Gasteiger partial charge in [0, 0.05) is 6.42 Å². The van der Waals surface area contributed by atoms with E-state index >= 15 is 0 Å². The van der Waals surface area contributed by atoms with E-state index in [4.69, 9.17) is 9.31 Å². The average molecular weight is 372 g/mol. The first-order valence-corrected chi connectivity index (χ1v) is 8.46. The lowest BCUT2D eigenvalue weighted by Crippen LogP contribution is -2.50. The number of aryl methyl sites for hydroxylation is 1. The number of carbonyl (C=O) groups is 1. The number of carbonyl (C=O) groups excluding carboxylic acids is 1. The Labute approximate surface area is 151 Å². The molecule has 4 nitrogen and oxygen atoms in total. The first kappa shape index (κ1) is 20.9. The number of halogens is 3. The predicted octanol–water partition coefficient (Wildman–Crippen LogP) is 3.02. The van der Waals surface area contributed by atoms with Gasteiger partial charge in [-0.2, -0.15) is 13.2 Å². The lowest BCUT2D eigenvalue weighted by atomic mass is 9.73. The SMILES string of the molecule is CCC(=O)C(O)(c1ccc(C)c(B2OC(C)(C)C(C)(C)O2)c1)C(F)(F)F. The molecular formula is C18H24BF3O4. The monoisotopic (exact) mass is 372 g/mol. The van der Waals surface area contributed by atoms with Crippen molar-refractivity contribution in [2.24, 2.45) is 0 Å². The van der Waals surface area contributed by atoms with E-state index in [0.29, 0.717) is 11.0 Å². The van der Waals surface area contributed by atoms with Crippen molar-refractivity contribution in [2.45, 2.75) is 70.9 Å². The van der Waals surface area contributed by atoms with E-state index in [0.717, 1.165) is 12.1 Å². The maximum atomic E-state index is 13.5. The third-order valence-corrected chi connectivity index (χ3v) is 5.34. The Kier molecular flexibility index (Phi) is 5.12. The third kappa shape index (κ3) is 3.19. The topological polar surface area (TPSA) is 55.8 Å². The van der Waals surface area contributed by atoms with Gasteiger partial charge in [-0.1, -0.05) is 30.7 Å². The van der Waals surface area contributed by atoms with Gasteiger partial charge < -0.3 is 14.4 Å². The molecule has 26 heavy (non-hydrogen) atoms. The normalized spacial score (nSPS) is 21.5. The molecule has 1 aromatic carbocycles. The molecule has 0 aliphatic carbocycles. The number of hydrogen-bond donors (Lipinski definition) is 1. The van der Waals surface area contributed by atoms with Gasteiger partial charge in [0.1, 0.15) is 0 Å². The summed E-state index contributed by atoms with van der Waals surface area (Å²) in [4.78, 5) is 12.0. The molecule has 0 aromatic heterocycles. The van der Waals surface area contributed by atoms with Gasteiger partial charge >= 0.3 is 13.3 Å². The van der Waals surface area contributed by atoms with Crippen LogP contribution in [0.3, 0.4) is 0 Å². The largest absolute Gasteiger partial charge is 0.495 e. The molecule has 1 aliphatic rings. The van der Waals surface area contributed by atoms with Crippen molar-refractivity contribution in [3.63, 3.8) is 0 Å². The molecule has 0 spiro atoms. The minimum Gasteiger partial charge on any atom is -0.399 e. The number of ketones is 1. The number of benzene rings is 1. The lowest BCUT2D eigenvalue weighted by molar-refractivity contribution is -0.255. The first-order valence-electron chi connectivity index (χ1n) is 8.46. The summed E-state index contributed by atoms with van der Waals surface area (Å²) >= 11 is 0. The van der Waals surface area contributed by atoms with Gasteiger partial charge in [0.2, 0.25) is 5.60 Å². The molecule has 0 radical (unpaired) electrons. The van der Waals surface area contributed by atoms with E-state index in [1.807, 2.05) is 27.7 Å². The van der Waals surface area contributed by atoms with Gasteiger partial charge in [-0.15, -0.1) is 0 Å². The van der Waals surface area contributed by atoms with Crippen LogP contribution in [0.25, 0.3) is 0 Å². The Morgan fingerprint density at radius 2 is 1.65 bits per heavy atom.